The van der Waals surface area contributed by atoms with Gasteiger partial charge in [0.25, 0.3) is 6.43 Å². The molecular weight excluding hydrogens is 230 g/mol. The van der Waals surface area contributed by atoms with E-state index in [0.717, 1.165) is 25.9 Å². The molecule has 2 N–H and O–H groups in total. The lowest BCUT2D eigenvalue weighted by Crippen LogP contribution is -2.27. The number of ether oxygens (including phenoxy) is 1. The predicted octanol–water partition coefficient (Wildman–Crippen LogP) is 0.774. The zero-order valence-corrected chi connectivity index (χ0v) is 9.88. The van der Waals surface area contributed by atoms with Crippen molar-refractivity contribution in [1.82, 2.24) is 10.6 Å². The Morgan fingerprint density at radius 1 is 1.53 bits per heavy atom. The minimum Gasteiger partial charge on any atom is -0.375 e. The number of halogens is 2. The monoisotopic (exact) mass is 250 g/mol. The Morgan fingerprint density at radius 3 is 3.00 bits per heavy atom. The molecule has 1 amide bonds. The number of hydrogen-bond donors (Lipinski definition) is 2. The van der Waals surface area contributed by atoms with Crippen LogP contribution < -0.4 is 10.6 Å². The molecule has 4 nitrogen and oxygen atoms in total. The third-order valence-electron chi connectivity index (χ3n) is 2.75. The average molecular weight is 250 g/mol. The molecule has 1 unspecified atom stereocenters. The summed E-state index contributed by atoms with van der Waals surface area (Å²) in [6.45, 7) is 2.19. The van der Waals surface area contributed by atoms with Crippen LogP contribution in [0.4, 0.5) is 8.78 Å². The number of carbonyl (C=O) groups is 1. The highest BCUT2D eigenvalue weighted by molar-refractivity contribution is 5.75. The molecule has 0 spiro atoms. The highest BCUT2D eigenvalue weighted by atomic mass is 19.3. The van der Waals surface area contributed by atoms with Crippen molar-refractivity contribution >= 4 is 5.91 Å². The van der Waals surface area contributed by atoms with Crippen LogP contribution in [-0.4, -0.2) is 45.2 Å². The summed E-state index contributed by atoms with van der Waals surface area (Å²) >= 11 is 0. The molecule has 0 aromatic carbocycles. The van der Waals surface area contributed by atoms with E-state index in [2.05, 4.69) is 15.4 Å². The van der Waals surface area contributed by atoms with Gasteiger partial charge in [-0.3, -0.25) is 4.79 Å². The standard InChI is InChI=1S/C11H20F2N2O2/c12-10(13)8-17-6-3-11(16)15-5-2-9-1-4-14-7-9/h9-10,14H,1-8H2,(H,15,16). The lowest BCUT2D eigenvalue weighted by Gasteiger charge is -2.09. The van der Waals surface area contributed by atoms with Crippen molar-refractivity contribution < 1.29 is 18.3 Å². The van der Waals surface area contributed by atoms with E-state index in [9.17, 15) is 13.6 Å². The van der Waals surface area contributed by atoms with E-state index in [1.165, 1.54) is 0 Å². The quantitative estimate of drug-likeness (QED) is 0.626. The van der Waals surface area contributed by atoms with Crippen molar-refractivity contribution in [3.63, 3.8) is 0 Å². The molecule has 1 saturated heterocycles. The van der Waals surface area contributed by atoms with Crippen molar-refractivity contribution in [3.05, 3.63) is 0 Å². The Bertz CT molecular complexity index is 222. The van der Waals surface area contributed by atoms with Crippen molar-refractivity contribution in [1.29, 1.82) is 0 Å². The van der Waals surface area contributed by atoms with Gasteiger partial charge in [0.05, 0.1) is 6.61 Å². The summed E-state index contributed by atoms with van der Waals surface area (Å²) in [6, 6.07) is 0. The Labute approximate surface area is 100 Å². The van der Waals surface area contributed by atoms with E-state index >= 15 is 0 Å². The van der Waals surface area contributed by atoms with Gasteiger partial charge in [0.2, 0.25) is 5.91 Å². The van der Waals surface area contributed by atoms with Gasteiger partial charge in [-0.1, -0.05) is 0 Å². The number of nitrogens with one attached hydrogen (secondary N) is 2. The number of amides is 1. The Morgan fingerprint density at radius 2 is 2.35 bits per heavy atom. The first-order valence-electron chi connectivity index (χ1n) is 6.02. The summed E-state index contributed by atoms with van der Waals surface area (Å²) < 4.78 is 28.0. The van der Waals surface area contributed by atoms with Gasteiger partial charge < -0.3 is 15.4 Å². The molecule has 17 heavy (non-hydrogen) atoms. The van der Waals surface area contributed by atoms with Crippen LogP contribution >= 0.6 is 0 Å². The molecule has 0 aromatic rings. The lowest BCUT2D eigenvalue weighted by atomic mass is 10.1. The van der Waals surface area contributed by atoms with Crippen molar-refractivity contribution in [2.45, 2.75) is 25.7 Å². The van der Waals surface area contributed by atoms with Crippen LogP contribution in [0.15, 0.2) is 0 Å². The first kappa shape index (κ1) is 14.3. The molecule has 1 fully saturated rings. The second-order valence-corrected chi connectivity index (χ2v) is 4.21. The normalized spacial score (nSPS) is 19.8. The van der Waals surface area contributed by atoms with Gasteiger partial charge >= 0.3 is 0 Å². The fourth-order valence-corrected chi connectivity index (χ4v) is 1.80. The summed E-state index contributed by atoms with van der Waals surface area (Å²) in [5, 5.41) is 6.02. The SMILES string of the molecule is O=C(CCOCC(F)F)NCCC1CCNC1. The van der Waals surface area contributed by atoms with E-state index in [1.54, 1.807) is 0 Å². The van der Waals surface area contributed by atoms with E-state index in [4.69, 9.17) is 0 Å². The zero-order chi connectivity index (χ0) is 12.5. The van der Waals surface area contributed by atoms with E-state index in [-0.39, 0.29) is 18.9 Å². The Hall–Kier alpha value is -0.750. The predicted molar refractivity (Wildman–Crippen MR) is 60.0 cm³/mol. The lowest BCUT2D eigenvalue weighted by molar-refractivity contribution is -0.122. The van der Waals surface area contributed by atoms with Crippen LogP contribution in [0.1, 0.15) is 19.3 Å². The maximum Gasteiger partial charge on any atom is 0.261 e. The van der Waals surface area contributed by atoms with Crippen LogP contribution in [-0.2, 0) is 9.53 Å². The maximum absolute atomic E-state index is 11.7. The molecule has 6 heteroatoms. The van der Waals surface area contributed by atoms with Gasteiger partial charge in [0.15, 0.2) is 0 Å². The minimum atomic E-state index is -2.46. The van der Waals surface area contributed by atoms with Crippen LogP contribution in [0.25, 0.3) is 0 Å². The largest absolute Gasteiger partial charge is 0.375 e. The van der Waals surface area contributed by atoms with Gasteiger partial charge in [-0.05, 0) is 31.8 Å². The summed E-state index contributed by atoms with van der Waals surface area (Å²) in [7, 11) is 0. The molecule has 0 aliphatic carbocycles. The minimum absolute atomic E-state index is 0.0567. The van der Waals surface area contributed by atoms with E-state index in [0.29, 0.717) is 12.5 Å². The Kier molecular flexibility index (Phi) is 7.04. The first-order valence-corrected chi connectivity index (χ1v) is 6.02. The molecular formula is C11H20F2N2O2. The highest BCUT2D eigenvalue weighted by Crippen LogP contribution is 2.10. The maximum atomic E-state index is 11.7. The van der Waals surface area contributed by atoms with Gasteiger partial charge in [-0.2, -0.15) is 0 Å². The number of rotatable bonds is 8. The number of alkyl halides is 2. The van der Waals surface area contributed by atoms with E-state index < -0.39 is 13.0 Å². The summed E-state index contributed by atoms with van der Waals surface area (Å²) in [4.78, 5) is 11.3. The zero-order valence-electron chi connectivity index (χ0n) is 9.88. The van der Waals surface area contributed by atoms with Gasteiger partial charge in [0, 0.05) is 13.0 Å². The van der Waals surface area contributed by atoms with Gasteiger partial charge in [0.1, 0.15) is 6.61 Å². The molecule has 1 heterocycles. The van der Waals surface area contributed by atoms with Crippen LogP contribution in [0.3, 0.4) is 0 Å². The summed E-state index contributed by atoms with van der Waals surface area (Å²) in [5.41, 5.74) is 0. The molecule has 0 aromatic heterocycles. The van der Waals surface area contributed by atoms with Crippen molar-refractivity contribution in [2.75, 3.05) is 32.8 Å². The van der Waals surface area contributed by atoms with Gasteiger partial charge in [-0.15, -0.1) is 0 Å². The molecule has 1 aliphatic heterocycles. The number of hydrogen-bond acceptors (Lipinski definition) is 3. The third kappa shape index (κ3) is 7.23. The van der Waals surface area contributed by atoms with Crippen LogP contribution in [0.5, 0.6) is 0 Å². The highest BCUT2D eigenvalue weighted by Gasteiger charge is 2.14. The fourth-order valence-electron chi connectivity index (χ4n) is 1.80. The molecule has 100 valence electrons. The fraction of sp³-hybridized carbons (Fsp3) is 0.909. The number of carbonyl (C=O) groups excluding carboxylic acids is 1. The molecule has 0 radical (unpaired) electrons. The Balaban J connectivity index is 1.90. The molecule has 1 atom stereocenters. The smallest absolute Gasteiger partial charge is 0.261 e. The molecule has 1 rings (SSSR count). The van der Waals surface area contributed by atoms with Crippen LogP contribution in [0.2, 0.25) is 0 Å². The van der Waals surface area contributed by atoms with Crippen LogP contribution in [0, 0.1) is 5.92 Å². The molecule has 0 saturated carbocycles. The van der Waals surface area contributed by atoms with Gasteiger partial charge in [-0.25, -0.2) is 8.78 Å². The summed E-state index contributed by atoms with van der Waals surface area (Å²) in [5.74, 6) is 0.510. The second-order valence-electron chi connectivity index (χ2n) is 4.21. The van der Waals surface area contributed by atoms with Crippen molar-refractivity contribution in [2.24, 2.45) is 5.92 Å². The first-order chi connectivity index (χ1) is 8.18. The average Bonchev–Trinajstić information content (AvgIpc) is 2.77. The third-order valence-corrected chi connectivity index (χ3v) is 2.75. The van der Waals surface area contributed by atoms with Crippen molar-refractivity contribution in [3.8, 4) is 0 Å². The molecule has 1 aliphatic rings. The molecule has 0 bridgehead atoms. The van der Waals surface area contributed by atoms with E-state index in [1.807, 2.05) is 0 Å². The summed E-state index contributed by atoms with van der Waals surface area (Å²) in [6.07, 6.45) is -0.187. The second kappa shape index (κ2) is 8.36. The topological polar surface area (TPSA) is 50.4 Å².